The average molecular weight is 403 g/mol. The lowest BCUT2D eigenvalue weighted by atomic mass is 10.0. The van der Waals surface area contributed by atoms with Crippen LogP contribution in [0.15, 0.2) is 66.7 Å². The number of benzene rings is 3. The Morgan fingerprint density at radius 1 is 0.900 bits per heavy atom. The molecular formula is C25H25NO4. The van der Waals surface area contributed by atoms with E-state index in [4.69, 9.17) is 4.74 Å². The van der Waals surface area contributed by atoms with Crippen molar-refractivity contribution in [3.63, 3.8) is 0 Å². The number of Topliss-reactive ketones (excluding diaryl/α,β-unsaturated/α-hetero) is 1. The van der Waals surface area contributed by atoms with Crippen molar-refractivity contribution in [1.29, 1.82) is 0 Å². The summed E-state index contributed by atoms with van der Waals surface area (Å²) in [5.74, 6) is -1.19. The van der Waals surface area contributed by atoms with Crippen molar-refractivity contribution in [2.75, 3.05) is 13.2 Å². The first-order chi connectivity index (χ1) is 14.6. The van der Waals surface area contributed by atoms with E-state index >= 15 is 0 Å². The topological polar surface area (TPSA) is 72.5 Å². The summed E-state index contributed by atoms with van der Waals surface area (Å²) >= 11 is 0. The summed E-state index contributed by atoms with van der Waals surface area (Å²) in [6.07, 6.45) is 2.16. The molecule has 0 aliphatic rings. The maximum Gasteiger partial charge on any atom is 0.325 e. The number of carbonyl (C=O) groups is 3. The molecular weight excluding hydrogens is 378 g/mol. The maximum absolute atomic E-state index is 12.2. The number of nitrogens with one attached hydrogen (secondary N) is 1. The molecule has 0 unspecified atom stereocenters. The van der Waals surface area contributed by atoms with Crippen LogP contribution in [0.5, 0.6) is 0 Å². The molecule has 5 nitrogen and oxygen atoms in total. The highest BCUT2D eigenvalue weighted by molar-refractivity contribution is 5.98. The number of hydrogen-bond acceptors (Lipinski definition) is 4. The van der Waals surface area contributed by atoms with Gasteiger partial charge in [0.05, 0.1) is 6.42 Å². The van der Waals surface area contributed by atoms with E-state index < -0.39 is 5.97 Å². The van der Waals surface area contributed by atoms with Gasteiger partial charge in [-0.1, -0.05) is 80.1 Å². The second kappa shape index (κ2) is 10.3. The van der Waals surface area contributed by atoms with Gasteiger partial charge < -0.3 is 10.1 Å². The van der Waals surface area contributed by atoms with E-state index in [9.17, 15) is 14.4 Å². The number of esters is 1. The van der Waals surface area contributed by atoms with Crippen LogP contribution in [0.25, 0.3) is 10.8 Å². The van der Waals surface area contributed by atoms with Gasteiger partial charge in [-0.05, 0) is 28.3 Å². The molecule has 0 aromatic heterocycles. The molecule has 0 spiro atoms. The fourth-order valence-electron chi connectivity index (χ4n) is 3.28. The minimum atomic E-state index is -0.641. The summed E-state index contributed by atoms with van der Waals surface area (Å²) in [5, 5.41) is 4.62. The monoisotopic (exact) mass is 403 g/mol. The maximum atomic E-state index is 12.2. The number of carbonyl (C=O) groups excluding carboxylic acids is 3. The zero-order valence-electron chi connectivity index (χ0n) is 17.0. The Labute approximate surface area is 176 Å². The fraction of sp³-hybridized carbons (Fsp3) is 0.240. The molecule has 3 aromatic rings. The lowest BCUT2D eigenvalue weighted by molar-refractivity contribution is -0.142. The summed E-state index contributed by atoms with van der Waals surface area (Å²) in [7, 11) is 0. The summed E-state index contributed by atoms with van der Waals surface area (Å²) in [6.45, 7) is 1.48. The van der Waals surface area contributed by atoms with Gasteiger partial charge in [0.2, 0.25) is 5.91 Å². The molecule has 1 amide bonds. The van der Waals surface area contributed by atoms with Gasteiger partial charge in [-0.2, -0.15) is 0 Å². The highest BCUT2D eigenvalue weighted by Crippen LogP contribution is 2.18. The van der Waals surface area contributed by atoms with Gasteiger partial charge in [0.1, 0.15) is 6.54 Å². The second-order valence-electron chi connectivity index (χ2n) is 7.12. The van der Waals surface area contributed by atoms with Gasteiger partial charge in [0.25, 0.3) is 0 Å². The van der Waals surface area contributed by atoms with Gasteiger partial charge in [-0.3, -0.25) is 14.4 Å². The molecule has 0 aliphatic heterocycles. The summed E-state index contributed by atoms with van der Waals surface area (Å²) in [5.41, 5.74) is 2.56. The molecule has 0 heterocycles. The molecule has 154 valence electrons. The van der Waals surface area contributed by atoms with Crippen molar-refractivity contribution >= 4 is 28.4 Å². The number of hydrogen-bond donors (Lipinski definition) is 1. The Morgan fingerprint density at radius 2 is 1.63 bits per heavy atom. The molecule has 5 heteroatoms. The van der Waals surface area contributed by atoms with Gasteiger partial charge in [0.15, 0.2) is 12.4 Å². The SMILES string of the molecule is CCCc1ccc(C(=O)COC(=O)CNC(=O)Cc2cccc3ccccc23)cc1. The van der Waals surface area contributed by atoms with Gasteiger partial charge in [0, 0.05) is 5.56 Å². The van der Waals surface area contributed by atoms with Crippen molar-refractivity contribution < 1.29 is 19.1 Å². The van der Waals surface area contributed by atoms with Crippen LogP contribution in [0, 0.1) is 0 Å². The summed E-state index contributed by atoms with van der Waals surface area (Å²) in [4.78, 5) is 36.3. The van der Waals surface area contributed by atoms with Crippen molar-refractivity contribution in [2.24, 2.45) is 0 Å². The highest BCUT2D eigenvalue weighted by Gasteiger charge is 2.12. The minimum absolute atomic E-state index is 0.164. The molecule has 30 heavy (non-hydrogen) atoms. The number of amides is 1. The van der Waals surface area contributed by atoms with Crippen LogP contribution in [0.4, 0.5) is 0 Å². The predicted octanol–water partition coefficient (Wildman–Crippen LogP) is 3.88. The lowest BCUT2D eigenvalue weighted by Crippen LogP contribution is -2.32. The lowest BCUT2D eigenvalue weighted by Gasteiger charge is -2.08. The first-order valence-corrected chi connectivity index (χ1v) is 10.1. The third-order valence-corrected chi connectivity index (χ3v) is 4.84. The standard InChI is InChI=1S/C25H25NO4/c1-2-6-18-11-13-20(14-12-18)23(27)17-30-25(29)16-26-24(28)15-21-9-5-8-19-7-3-4-10-22(19)21/h3-5,7-14H,2,6,15-17H2,1H3,(H,26,28). The number of ketones is 1. The van der Waals surface area contributed by atoms with E-state index in [1.807, 2.05) is 54.6 Å². The van der Waals surface area contributed by atoms with Crippen LogP contribution in [-0.4, -0.2) is 30.8 Å². The van der Waals surface area contributed by atoms with Crippen molar-refractivity contribution in [3.05, 3.63) is 83.4 Å². The Kier molecular flexibility index (Phi) is 7.33. The van der Waals surface area contributed by atoms with E-state index in [2.05, 4.69) is 12.2 Å². The van der Waals surface area contributed by atoms with E-state index in [0.29, 0.717) is 5.56 Å². The van der Waals surface area contributed by atoms with Crippen molar-refractivity contribution in [1.82, 2.24) is 5.32 Å². The molecule has 0 fully saturated rings. The number of ether oxygens (including phenoxy) is 1. The Bertz CT molecular complexity index is 1040. The second-order valence-corrected chi connectivity index (χ2v) is 7.12. The molecule has 3 rings (SSSR count). The minimum Gasteiger partial charge on any atom is -0.456 e. The summed E-state index contributed by atoms with van der Waals surface area (Å²) < 4.78 is 5.00. The van der Waals surface area contributed by atoms with E-state index in [1.165, 1.54) is 5.56 Å². The van der Waals surface area contributed by atoms with E-state index in [-0.39, 0.29) is 31.3 Å². The molecule has 0 aliphatic carbocycles. The zero-order chi connectivity index (χ0) is 21.3. The van der Waals surface area contributed by atoms with Gasteiger partial charge in [-0.15, -0.1) is 0 Å². The van der Waals surface area contributed by atoms with Crippen LogP contribution in [0.2, 0.25) is 0 Å². The quantitative estimate of drug-likeness (QED) is 0.435. The molecule has 3 aromatic carbocycles. The number of rotatable bonds is 9. The largest absolute Gasteiger partial charge is 0.456 e. The van der Waals surface area contributed by atoms with Crippen LogP contribution in [0.1, 0.15) is 34.8 Å². The average Bonchev–Trinajstić information content (AvgIpc) is 2.77. The molecule has 0 atom stereocenters. The molecule has 0 saturated carbocycles. The van der Waals surface area contributed by atoms with Crippen molar-refractivity contribution in [2.45, 2.75) is 26.2 Å². The normalized spacial score (nSPS) is 10.6. The Balaban J connectivity index is 1.45. The molecule has 0 saturated heterocycles. The third kappa shape index (κ3) is 5.77. The van der Waals surface area contributed by atoms with Crippen LogP contribution < -0.4 is 5.32 Å². The number of fused-ring (bicyclic) bond motifs is 1. The Hall–Kier alpha value is -3.47. The molecule has 0 bridgehead atoms. The summed E-state index contributed by atoms with van der Waals surface area (Å²) in [6, 6.07) is 20.9. The smallest absolute Gasteiger partial charge is 0.325 e. The first kappa shape index (κ1) is 21.2. The van der Waals surface area contributed by atoms with Crippen LogP contribution in [-0.2, 0) is 27.2 Å². The van der Waals surface area contributed by atoms with Crippen molar-refractivity contribution in [3.8, 4) is 0 Å². The number of aryl methyl sites for hydroxylation is 1. The van der Waals surface area contributed by atoms with Gasteiger partial charge in [-0.25, -0.2) is 0 Å². The zero-order valence-corrected chi connectivity index (χ0v) is 17.0. The van der Waals surface area contributed by atoms with Crippen LogP contribution in [0.3, 0.4) is 0 Å². The van der Waals surface area contributed by atoms with E-state index in [1.54, 1.807) is 12.1 Å². The fourth-order valence-corrected chi connectivity index (χ4v) is 3.28. The first-order valence-electron chi connectivity index (χ1n) is 10.1. The highest BCUT2D eigenvalue weighted by atomic mass is 16.5. The van der Waals surface area contributed by atoms with Gasteiger partial charge >= 0.3 is 5.97 Å². The van der Waals surface area contributed by atoms with Crippen LogP contribution >= 0.6 is 0 Å². The molecule has 1 N–H and O–H groups in total. The third-order valence-electron chi connectivity index (χ3n) is 4.84. The Morgan fingerprint density at radius 3 is 2.40 bits per heavy atom. The predicted molar refractivity (Wildman–Crippen MR) is 116 cm³/mol. The molecule has 0 radical (unpaired) electrons. The van der Waals surface area contributed by atoms with E-state index in [0.717, 1.165) is 29.2 Å².